The van der Waals surface area contributed by atoms with Crippen molar-refractivity contribution in [1.29, 1.82) is 0 Å². The summed E-state index contributed by atoms with van der Waals surface area (Å²) in [5, 5.41) is 4.53. The third kappa shape index (κ3) is 5.03. The number of amidine groups is 1. The van der Waals surface area contributed by atoms with E-state index in [0.717, 1.165) is 10.9 Å². The molecule has 0 spiro atoms. The molecule has 1 saturated carbocycles. The smallest absolute Gasteiger partial charge is 0.226 e. The van der Waals surface area contributed by atoms with Crippen molar-refractivity contribution in [2.75, 3.05) is 12.4 Å². The molecular formula is C21H31N3OS. The quantitative estimate of drug-likeness (QED) is 0.768. The molecule has 2 fully saturated rings. The number of hydrogen-bond donors (Lipinski definition) is 1. The maximum absolute atomic E-state index is 12.5. The van der Waals surface area contributed by atoms with E-state index in [2.05, 4.69) is 24.2 Å². The summed E-state index contributed by atoms with van der Waals surface area (Å²) >= 11 is 1.83. The lowest BCUT2D eigenvalue weighted by atomic mass is 10.1. The van der Waals surface area contributed by atoms with Crippen molar-refractivity contribution in [3.05, 3.63) is 29.8 Å². The molecule has 142 valence electrons. The molecule has 1 saturated heterocycles. The van der Waals surface area contributed by atoms with Gasteiger partial charge in [0.2, 0.25) is 5.91 Å². The fourth-order valence-electron chi connectivity index (χ4n) is 3.79. The molecule has 5 heteroatoms. The van der Waals surface area contributed by atoms with Gasteiger partial charge < -0.3 is 10.2 Å². The Labute approximate surface area is 161 Å². The van der Waals surface area contributed by atoms with E-state index in [9.17, 15) is 4.79 Å². The number of nitrogens with zero attached hydrogens (tertiary/aromatic N) is 2. The average molecular weight is 374 g/mol. The standard InChI is InChI=1S/C21H31N3OS/c1-15-10-12-18(13-11-15)22-20(25)14-19-16(2)26-21(24(19)3)23-17-8-6-4-5-7-9-17/h10-13,16-17,19H,4-9,14H2,1-3H3,(H,22,25). The first-order valence-electron chi connectivity index (χ1n) is 9.87. The molecule has 1 amide bonds. The van der Waals surface area contributed by atoms with Crippen LogP contribution in [0.1, 0.15) is 57.4 Å². The summed E-state index contributed by atoms with van der Waals surface area (Å²) in [7, 11) is 2.09. The summed E-state index contributed by atoms with van der Waals surface area (Å²) in [5.74, 6) is 0.0777. The van der Waals surface area contributed by atoms with Crippen LogP contribution in [0.15, 0.2) is 29.3 Å². The third-order valence-electron chi connectivity index (χ3n) is 5.48. The van der Waals surface area contributed by atoms with Crippen LogP contribution in [0.3, 0.4) is 0 Å². The Morgan fingerprint density at radius 2 is 1.85 bits per heavy atom. The van der Waals surface area contributed by atoms with Gasteiger partial charge in [0.1, 0.15) is 0 Å². The Morgan fingerprint density at radius 3 is 2.50 bits per heavy atom. The Bertz CT molecular complexity index is 635. The van der Waals surface area contributed by atoms with Gasteiger partial charge in [0.05, 0.1) is 12.1 Å². The summed E-state index contributed by atoms with van der Waals surface area (Å²) in [6.07, 6.45) is 8.23. The van der Waals surface area contributed by atoms with Gasteiger partial charge in [-0.15, -0.1) is 0 Å². The number of carbonyl (C=O) groups is 1. The second-order valence-corrected chi connectivity index (χ2v) is 9.02. The molecule has 1 N–H and O–H groups in total. The molecule has 1 aliphatic heterocycles. The lowest BCUT2D eigenvalue weighted by Crippen LogP contribution is -2.36. The molecule has 0 radical (unpaired) electrons. The summed E-state index contributed by atoms with van der Waals surface area (Å²) in [6.45, 7) is 4.26. The molecule has 2 unspecified atom stereocenters. The Kier molecular flexibility index (Phi) is 6.63. The number of rotatable bonds is 4. The van der Waals surface area contributed by atoms with Gasteiger partial charge in [0.25, 0.3) is 0 Å². The molecule has 3 rings (SSSR count). The number of carbonyl (C=O) groups excluding carboxylic acids is 1. The van der Waals surface area contributed by atoms with Crippen molar-refractivity contribution in [2.45, 2.75) is 76.1 Å². The fourth-order valence-corrected chi connectivity index (χ4v) is 5.07. The molecule has 4 nitrogen and oxygen atoms in total. The van der Waals surface area contributed by atoms with Gasteiger partial charge >= 0.3 is 0 Å². The lowest BCUT2D eigenvalue weighted by molar-refractivity contribution is -0.117. The SMILES string of the molecule is Cc1ccc(NC(=O)CC2C(C)SC(=NC3CCCCCC3)N2C)cc1. The average Bonchev–Trinajstić information content (AvgIpc) is 2.81. The summed E-state index contributed by atoms with van der Waals surface area (Å²) in [5.41, 5.74) is 2.07. The number of hydrogen-bond acceptors (Lipinski definition) is 3. The van der Waals surface area contributed by atoms with Crippen LogP contribution in [0.5, 0.6) is 0 Å². The van der Waals surface area contributed by atoms with Crippen LogP contribution < -0.4 is 5.32 Å². The Hall–Kier alpha value is -1.49. The highest BCUT2D eigenvalue weighted by Crippen LogP contribution is 2.33. The highest BCUT2D eigenvalue weighted by Gasteiger charge is 2.35. The number of anilines is 1. The minimum atomic E-state index is 0.0777. The predicted molar refractivity (Wildman–Crippen MR) is 112 cm³/mol. The van der Waals surface area contributed by atoms with Crippen molar-refractivity contribution >= 4 is 28.5 Å². The monoisotopic (exact) mass is 373 g/mol. The van der Waals surface area contributed by atoms with Gasteiger partial charge in [-0.25, -0.2) is 0 Å². The van der Waals surface area contributed by atoms with Gasteiger partial charge in [-0.05, 0) is 31.9 Å². The van der Waals surface area contributed by atoms with Gasteiger partial charge in [0, 0.05) is 24.4 Å². The predicted octanol–water partition coefficient (Wildman–Crippen LogP) is 4.84. The summed E-state index contributed by atoms with van der Waals surface area (Å²) < 4.78 is 0. The van der Waals surface area contributed by atoms with Crippen molar-refractivity contribution in [2.24, 2.45) is 4.99 Å². The molecular weight excluding hydrogens is 342 g/mol. The number of aryl methyl sites for hydroxylation is 1. The number of aliphatic imine (C=N–C) groups is 1. The maximum atomic E-state index is 12.5. The molecule has 2 aliphatic rings. The lowest BCUT2D eigenvalue weighted by Gasteiger charge is -2.23. The molecule has 2 atom stereocenters. The van der Waals surface area contributed by atoms with Crippen LogP contribution in [-0.2, 0) is 4.79 Å². The van der Waals surface area contributed by atoms with E-state index in [0.29, 0.717) is 17.7 Å². The fraction of sp³-hybridized carbons (Fsp3) is 0.619. The van der Waals surface area contributed by atoms with Crippen molar-refractivity contribution in [3.63, 3.8) is 0 Å². The van der Waals surface area contributed by atoms with Crippen LogP contribution in [0.25, 0.3) is 0 Å². The first-order chi connectivity index (χ1) is 12.5. The minimum Gasteiger partial charge on any atom is -0.350 e. The highest BCUT2D eigenvalue weighted by molar-refractivity contribution is 8.14. The van der Waals surface area contributed by atoms with E-state index >= 15 is 0 Å². The number of thioether (sulfide) groups is 1. The molecule has 1 aromatic rings. The second-order valence-electron chi connectivity index (χ2n) is 7.68. The van der Waals surface area contributed by atoms with Crippen molar-refractivity contribution in [3.8, 4) is 0 Å². The van der Waals surface area contributed by atoms with Gasteiger partial charge in [-0.3, -0.25) is 9.79 Å². The largest absolute Gasteiger partial charge is 0.350 e. The van der Waals surface area contributed by atoms with E-state index in [1.54, 1.807) is 0 Å². The Morgan fingerprint density at radius 1 is 1.19 bits per heavy atom. The Balaban J connectivity index is 1.59. The topological polar surface area (TPSA) is 44.7 Å². The van der Waals surface area contributed by atoms with E-state index in [-0.39, 0.29) is 11.9 Å². The molecule has 0 aromatic heterocycles. The number of nitrogens with one attached hydrogen (secondary N) is 1. The zero-order chi connectivity index (χ0) is 18.5. The van der Waals surface area contributed by atoms with Gasteiger partial charge in [0.15, 0.2) is 5.17 Å². The molecule has 1 aliphatic carbocycles. The van der Waals surface area contributed by atoms with Crippen LogP contribution >= 0.6 is 11.8 Å². The summed E-state index contributed by atoms with van der Waals surface area (Å²) in [6, 6.07) is 8.64. The van der Waals surface area contributed by atoms with E-state index in [4.69, 9.17) is 4.99 Å². The normalized spacial score (nSPS) is 26.1. The molecule has 1 heterocycles. The zero-order valence-corrected chi connectivity index (χ0v) is 17.0. The molecule has 26 heavy (non-hydrogen) atoms. The van der Waals surface area contributed by atoms with E-state index in [1.165, 1.54) is 44.1 Å². The van der Waals surface area contributed by atoms with E-state index < -0.39 is 0 Å². The molecule has 0 bridgehead atoms. The first-order valence-corrected chi connectivity index (χ1v) is 10.7. The highest BCUT2D eigenvalue weighted by atomic mass is 32.2. The van der Waals surface area contributed by atoms with Crippen molar-refractivity contribution in [1.82, 2.24) is 4.90 Å². The first kappa shape index (κ1) is 19.3. The zero-order valence-electron chi connectivity index (χ0n) is 16.2. The second kappa shape index (κ2) is 8.94. The summed E-state index contributed by atoms with van der Waals surface area (Å²) in [4.78, 5) is 19.8. The molecule has 1 aromatic carbocycles. The third-order valence-corrected chi connectivity index (χ3v) is 6.77. The van der Waals surface area contributed by atoms with Crippen LogP contribution in [0.2, 0.25) is 0 Å². The van der Waals surface area contributed by atoms with E-state index in [1.807, 2.05) is 43.0 Å². The maximum Gasteiger partial charge on any atom is 0.226 e. The van der Waals surface area contributed by atoms with Crippen LogP contribution in [0, 0.1) is 6.92 Å². The number of amides is 1. The van der Waals surface area contributed by atoms with Crippen LogP contribution in [-0.4, -0.2) is 40.4 Å². The van der Waals surface area contributed by atoms with Gasteiger partial charge in [-0.2, -0.15) is 0 Å². The van der Waals surface area contributed by atoms with Crippen molar-refractivity contribution < 1.29 is 4.79 Å². The number of benzene rings is 1. The van der Waals surface area contributed by atoms with Gasteiger partial charge in [-0.1, -0.05) is 62.1 Å². The van der Waals surface area contributed by atoms with Crippen LogP contribution in [0.4, 0.5) is 5.69 Å². The minimum absolute atomic E-state index is 0.0777.